The lowest BCUT2D eigenvalue weighted by molar-refractivity contribution is -0.348. The van der Waals surface area contributed by atoms with Crippen molar-refractivity contribution in [3.8, 4) is 0 Å². The summed E-state index contributed by atoms with van der Waals surface area (Å²) in [5, 5.41) is 10.5. The number of carboxylic acids is 1. The first-order valence-corrected chi connectivity index (χ1v) is 3.85. The fourth-order valence-electron chi connectivity index (χ4n) is 2.44. The van der Waals surface area contributed by atoms with E-state index in [1.165, 1.54) is 7.11 Å². The molecule has 0 aromatic heterocycles. The Bertz CT molecular complexity index is 248. The summed E-state index contributed by atoms with van der Waals surface area (Å²) >= 11 is 0. The van der Waals surface area contributed by atoms with E-state index in [1.807, 2.05) is 0 Å². The smallest absolute Gasteiger partial charge is 0.311 e. The van der Waals surface area contributed by atoms with Gasteiger partial charge in [-0.05, 0) is 19.3 Å². The highest BCUT2D eigenvalue weighted by molar-refractivity contribution is 5.89. The van der Waals surface area contributed by atoms with Crippen LogP contribution in [0.1, 0.15) is 19.3 Å². The molecule has 3 aliphatic rings. The fourth-order valence-corrected chi connectivity index (χ4v) is 2.44. The number of carboxylic acid groups (broad SMARTS) is 1. The molecule has 0 aromatic rings. The summed E-state index contributed by atoms with van der Waals surface area (Å²) in [5.74, 6) is -1.29. The zero-order valence-corrected chi connectivity index (χ0v) is 6.75. The normalized spacial score (nSPS) is 42.4. The van der Waals surface area contributed by atoms with E-state index in [9.17, 15) is 14.7 Å². The molecule has 0 N–H and O–H groups in total. The van der Waals surface area contributed by atoms with Crippen molar-refractivity contribution in [3.05, 3.63) is 0 Å². The van der Waals surface area contributed by atoms with Crippen molar-refractivity contribution < 1.29 is 19.4 Å². The van der Waals surface area contributed by atoms with Crippen LogP contribution in [0, 0.1) is 10.8 Å². The second-order valence-corrected chi connectivity index (χ2v) is 3.87. The van der Waals surface area contributed by atoms with Crippen LogP contribution in [-0.2, 0) is 14.3 Å². The van der Waals surface area contributed by atoms with Gasteiger partial charge in [0.1, 0.15) is 0 Å². The lowest BCUT2D eigenvalue weighted by Crippen LogP contribution is -2.71. The molecule has 0 saturated heterocycles. The third kappa shape index (κ3) is 0.589. The van der Waals surface area contributed by atoms with Gasteiger partial charge in [0.15, 0.2) is 0 Å². The average Bonchev–Trinajstić information content (AvgIpc) is 1.80. The number of esters is 1. The Balaban J connectivity index is 2.04. The lowest BCUT2D eigenvalue weighted by atomic mass is 9.35. The Morgan fingerprint density at radius 3 is 2.08 bits per heavy atom. The van der Waals surface area contributed by atoms with Crippen LogP contribution in [0.2, 0.25) is 0 Å². The summed E-state index contributed by atoms with van der Waals surface area (Å²) in [6.07, 6.45) is 1.24. The van der Waals surface area contributed by atoms with Gasteiger partial charge in [-0.2, -0.15) is 0 Å². The number of hydrogen-bond donors (Lipinski definition) is 0. The molecule has 66 valence electrons. The number of methoxy groups -OCH3 is 1. The highest BCUT2D eigenvalue weighted by Gasteiger charge is 2.72. The minimum atomic E-state index is -1.02. The molecule has 3 saturated carbocycles. The Hall–Kier alpha value is -1.06. The quantitative estimate of drug-likeness (QED) is 0.501. The first kappa shape index (κ1) is 7.58. The number of ether oxygens (including phenoxy) is 1. The molecule has 0 amide bonds. The van der Waals surface area contributed by atoms with Crippen molar-refractivity contribution in [1.82, 2.24) is 0 Å². The van der Waals surface area contributed by atoms with E-state index in [2.05, 4.69) is 4.74 Å². The first-order valence-electron chi connectivity index (χ1n) is 3.85. The van der Waals surface area contributed by atoms with Crippen LogP contribution in [0.15, 0.2) is 0 Å². The third-order valence-electron chi connectivity index (χ3n) is 3.08. The zero-order valence-electron chi connectivity index (χ0n) is 6.75. The fraction of sp³-hybridized carbons (Fsp3) is 0.750. The van der Waals surface area contributed by atoms with Gasteiger partial charge in [0.05, 0.1) is 12.5 Å². The molecule has 0 unspecified atom stereocenters. The first-order chi connectivity index (χ1) is 5.55. The van der Waals surface area contributed by atoms with Gasteiger partial charge in [-0.25, -0.2) is 0 Å². The SMILES string of the molecule is COC(=O)C12CC(C(=O)[O-])(C1)C2. The van der Waals surface area contributed by atoms with E-state index in [1.54, 1.807) is 0 Å². The summed E-state index contributed by atoms with van der Waals surface area (Å²) < 4.78 is 4.57. The Labute approximate surface area is 69.5 Å². The number of carbonyl (C=O) groups excluding carboxylic acids is 2. The van der Waals surface area contributed by atoms with Crippen LogP contribution in [0.3, 0.4) is 0 Å². The molecule has 0 heterocycles. The maximum Gasteiger partial charge on any atom is 0.311 e. The second kappa shape index (κ2) is 1.81. The van der Waals surface area contributed by atoms with E-state index < -0.39 is 16.8 Å². The molecular weight excluding hydrogens is 160 g/mol. The monoisotopic (exact) mass is 169 g/mol. The molecule has 2 bridgehead atoms. The molecular formula is C8H9O4-. The van der Waals surface area contributed by atoms with Gasteiger partial charge in [-0.15, -0.1) is 0 Å². The molecule has 12 heavy (non-hydrogen) atoms. The molecule has 4 heteroatoms. The molecule has 3 fully saturated rings. The van der Waals surface area contributed by atoms with Crippen molar-refractivity contribution in [3.63, 3.8) is 0 Å². The average molecular weight is 169 g/mol. The van der Waals surface area contributed by atoms with Crippen molar-refractivity contribution >= 4 is 11.9 Å². The van der Waals surface area contributed by atoms with E-state index in [0.717, 1.165) is 0 Å². The molecule has 0 atom stereocenters. The Kier molecular flexibility index (Phi) is 1.14. The van der Waals surface area contributed by atoms with Gasteiger partial charge in [0, 0.05) is 11.4 Å². The van der Waals surface area contributed by atoms with Crippen LogP contribution in [0.4, 0.5) is 0 Å². The van der Waals surface area contributed by atoms with Gasteiger partial charge in [0.25, 0.3) is 0 Å². The largest absolute Gasteiger partial charge is 0.550 e. The van der Waals surface area contributed by atoms with E-state index in [4.69, 9.17) is 0 Å². The predicted octanol–water partition coefficient (Wildman–Crippen LogP) is -0.920. The van der Waals surface area contributed by atoms with Gasteiger partial charge in [0.2, 0.25) is 0 Å². The minimum Gasteiger partial charge on any atom is -0.550 e. The van der Waals surface area contributed by atoms with Crippen molar-refractivity contribution in [2.75, 3.05) is 7.11 Å². The van der Waals surface area contributed by atoms with Crippen LogP contribution in [0.5, 0.6) is 0 Å². The molecule has 3 rings (SSSR count). The standard InChI is InChI=1S/C8H10O4/c1-12-6(11)8-2-7(3-8,4-8)5(9)10/h2-4H2,1H3,(H,9,10)/p-1. The number of rotatable bonds is 2. The van der Waals surface area contributed by atoms with Crippen molar-refractivity contribution in [1.29, 1.82) is 0 Å². The third-order valence-corrected chi connectivity index (χ3v) is 3.08. The van der Waals surface area contributed by atoms with Crippen LogP contribution >= 0.6 is 0 Å². The number of carbonyl (C=O) groups is 2. The van der Waals surface area contributed by atoms with Crippen LogP contribution < -0.4 is 5.11 Å². The van der Waals surface area contributed by atoms with E-state index in [-0.39, 0.29) is 5.97 Å². The van der Waals surface area contributed by atoms with Crippen molar-refractivity contribution in [2.24, 2.45) is 10.8 Å². The van der Waals surface area contributed by atoms with E-state index in [0.29, 0.717) is 19.3 Å². The van der Waals surface area contributed by atoms with E-state index >= 15 is 0 Å². The molecule has 0 aliphatic heterocycles. The molecule has 3 aliphatic carbocycles. The highest BCUT2D eigenvalue weighted by atomic mass is 16.5. The minimum absolute atomic E-state index is 0.273. The molecule has 0 spiro atoms. The van der Waals surface area contributed by atoms with Gasteiger partial charge < -0.3 is 14.6 Å². The summed E-state index contributed by atoms with van der Waals surface area (Å²) in [7, 11) is 1.33. The second-order valence-electron chi connectivity index (χ2n) is 3.87. The number of hydrogen-bond acceptors (Lipinski definition) is 4. The molecule has 0 aromatic carbocycles. The predicted molar refractivity (Wildman–Crippen MR) is 35.7 cm³/mol. The number of aliphatic carboxylic acids is 1. The summed E-state index contributed by atoms with van der Waals surface area (Å²) in [4.78, 5) is 21.6. The summed E-state index contributed by atoms with van der Waals surface area (Å²) in [6.45, 7) is 0. The van der Waals surface area contributed by atoms with Gasteiger partial charge in [-0.3, -0.25) is 4.79 Å². The molecule has 4 nitrogen and oxygen atoms in total. The maximum atomic E-state index is 11.1. The van der Waals surface area contributed by atoms with Crippen LogP contribution in [-0.4, -0.2) is 19.0 Å². The highest BCUT2D eigenvalue weighted by Crippen LogP contribution is 2.73. The Morgan fingerprint density at radius 2 is 1.75 bits per heavy atom. The summed E-state index contributed by atoms with van der Waals surface area (Å²) in [6, 6.07) is 0. The lowest BCUT2D eigenvalue weighted by Gasteiger charge is -2.68. The van der Waals surface area contributed by atoms with Gasteiger partial charge in [-0.1, -0.05) is 0 Å². The van der Waals surface area contributed by atoms with Gasteiger partial charge >= 0.3 is 5.97 Å². The maximum absolute atomic E-state index is 11.1. The van der Waals surface area contributed by atoms with Crippen LogP contribution in [0.25, 0.3) is 0 Å². The topological polar surface area (TPSA) is 66.4 Å². The molecule has 0 radical (unpaired) electrons. The summed E-state index contributed by atoms with van der Waals surface area (Å²) in [5.41, 5.74) is -1.15. The zero-order chi connectivity index (χ0) is 8.98. The Morgan fingerprint density at radius 1 is 1.25 bits per heavy atom. The van der Waals surface area contributed by atoms with Crippen molar-refractivity contribution in [2.45, 2.75) is 19.3 Å².